The van der Waals surface area contributed by atoms with Gasteiger partial charge < -0.3 is 10.0 Å². The van der Waals surface area contributed by atoms with Crippen LogP contribution in [0.4, 0.5) is 5.13 Å². The lowest BCUT2D eigenvalue weighted by Gasteiger charge is -2.44. The van der Waals surface area contributed by atoms with Crippen LogP contribution in [0.15, 0.2) is 0 Å². The van der Waals surface area contributed by atoms with E-state index in [4.69, 9.17) is 4.98 Å². The normalized spacial score (nSPS) is 25.7. The van der Waals surface area contributed by atoms with E-state index < -0.39 is 5.97 Å². The largest absolute Gasteiger partial charge is 0.477 e. The minimum Gasteiger partial charge on any atom is -0.477 e. The summed E-state index contributed by atoms with van der Waals surface area (Å²) < 4.78 is 0. The number of anilines is 1. The second kappa shape index (κ2) is 6.34. The number of aryl methyl sites for hydroxylation is 1. The molecule has 5 heteroatoms. The molecule has 0 bridgehead atoms. The lowest BCUT2D eigenvalue weighted by Crippen LogP contribution is -2.46. The van der Waals surface area contributed by atoms with E-state index in [0.29, 0.717) is 10.9 Å². The molecule has 1 saturated heterocycles. The zero-order chi connectivity index (χ0) is 14.8. The molecule has 0 radical (unpaired) electrons. The average molecular weight is 308 g/mol. The fourth-order valence-electron chi connectivity index (χ4n) is 3.90. The molecular weight excluding hydrogens is 284 g/mol. The van der Waals surface area contributed by atoms with Crippen LogP contribution in [0.25, 0.3) is 0 Å². The molecule has 1 aliphatic carbocycles. The molecule has 0 spiro atoms. The standard InChI is InChI=1S/C16H24N2O2S/c1-2-6-12-14(15(19)20)21-16(17-12)18-10-5-8-11-7-3-4-9-13(11)18/h11,13H,2-10H2,1H3,(H,19,20). The number of aromatic nitrogens is 1. The van der Waals surface area contributed by atoms with Crippen molar-refractivity contribution < 1.29 is 9.90 Å². The SMILES string of the molecule is CCCc1nc(N2CCCC3CCCCC32)sc1C(=O)O. The van der Waals surface area contributed by atoms with Gasteiger partial charge in [0.05, 0.1) is 5.69 Å². The van der Waals surface area contributed by atoms with Gasteiger partial charge in [-0.15, -0.1) is 0 Å². The summed E-state index contributed by atoms with van der Waals surface area (Å²) in [5, 5.41) is 10.3. The van der Waals surface area contributed by atoms with Gasteiger partial charge in [0.1, 0.15) is 4.88 Å². The molecule has 4 nitrogen and oxygen atoms in total. The van der Waals surface area contributed by atoms with Crippen molar-refractivity contribution in [3.63, 3.8) is 0 Å². The van der Waals surface area contributed by atoms with Crippen molar-refractivity contribution in [3.8, 4) is 0 Å². The second-order valence-corrected chi connectivity index (χ2v) is 7.25. The molecule has 3 rings (SSSR count). The predicted octanol–water partition coefficient (Wildman–Crippen LogP) is 3.95. The highest BCUT2D eigenvalue weighted by Gasteiger charge is 2.35. The van der Waals surface area contributed by atoms with Crippen molar-refractivity contribution >= 4 is 22.4 Å². The van der Waals surface area contributed by atoms with Gasteiger partial charge in [0.25, 0.3) is 0 Å². The zero-order valence-corrected chi connectivity index (χ0v) is 13.5. The number of hydrogen-bond donors (Lipinski definition) is 1. The van der Waals surface area contributed by atoms with Gasteiger partial charge in [0.2, 0.25) is 0 Å². The monoisotopic (exact) mass is 308 g/mol. The molecule has 2 heterocycles. The smallest absolute Gasteiger partial charge is 0.347 e. The number of rotatable bonds is 4. The fraction of sp³-hybridized carbons (Fsp3) is 0.750. The highest BCUT2D eigenvalue weighted by molar-refractivity contribution is 7.17. The summed E-state index contributed by atoms with van der Waals surface area (Å²) in [7, 11) is 0. The Labute approximate surface area is 130 Å². The first-order valence-electron chi connectivity index (χ1n) is 8.20. The molecule has 1 aromatic rings. The van der Waals surface area contributed by atoms with Crippen LogP contribution in [0.5, 0.6) is 0 Å². The number of carboxylic acids is 1. The summed E-state index contributed by atoms with van der Waals surface area (Å²) in [6, 6.07) is 0.592. The van der Waals surface area contributed by atoms with Gasteiger partial charge in [-0.2, -0.15) is 0 Å². The third-order valence-electron chi connectivity index (χ3n) is 4.86. The molecule has 1 aromatic heterocycles. The molecule has 1 N–H and O–H groups in total. The third-order valence-corrected chi connectivity index (χ3v) is 5.98. The lowest BCUT2D eigenvalue weighted by molar-refractivity contribution is 0.0700. The highest BCUT2D eigenvalue weighted by Crippen LogP contribution is 2.39. The van der Waals surface area contributed by atoms with E-state index in [0.717, 1.165) is 36.1 Å². The first kappa shape index (κ1) is 14.8. The Hall–Kier alpha value is -1.10. The number of fused-ring (bicyclic) bond motifs is 1. The van der Waals surface area contributed by atoms with Crippen LogP contribution in [0.2, 0.25) is 0 Å². The van der Waals surface area contributed by atoms with Crippen LogP contribution < -0.4 is 4.90 Å². The molecule has 2 unspecified atom stereocenters. The van der Waals surface area contributed by atoms with E-state index in [1.165, 1.54) is 49.9 Å². The van der Waals surface area contributed by atoms with Crippen molar-refractivity contribution in [2.24, 2.45) is 5.92 Å². The highest BCUT2D eigenvalue weighted by atomic mass is 32.1. The quantitative estimate of drug-likeness (QED) is 0.915. The second-order valence-electron chi connectivity index (χ2n) is 6.27. The Bertz CT molecular complexity index is 512. The number of hydrogen-bond acceptors (Lipinski definition) is 4. The number of carbonyl (C=O) groups is 1. The topological polar surface area (TPSA) is 53.4 Å². The molecule has 2 atom stereocenters. The third kappa shape index (κ3) is 2.93. The van der Waals surface area contributed by atoms with Crippen LogP contribution in [0.3, 0.4) is 0 Å². The van der Waals surface area contributed by atoms with Gasteiger partial charge in [-0.1, -0.05) is 37.5 Å². The molecule has 116 valence electrons. The van der Waals surface area contributed by atoms with E-state index in [-0.39, 0.29) is 0 Å². The van der Waals surface area contributed by atoms with Gasteiger partial charge in [-0.3, -0.25) is 0 Å². The van der Waals surface area contributed by atoms with Gasteiger partial charge in [0.15, 0.2) is 5.13 Å². The van der Waals surface area contributed by atoms with Crippen LogP contribution in [-0.2, 0) is 6.42 Å². The van der Waals surface area contributed by atoms with Crippen LogP contribution >= 0.6 is 11.3 Å². The van der Waals surface area contributed by atoms with E-state index in [1.54, 1.807) is 0 Å². The summed E-state index contributed by atoms with van der Waals surface area (Å²) in [4.78, 5) is 19.0. The maximum absolute atomic E-state index is 11.4. The van der Waals surface area contributed by atoms with Crippen molar-refractivity contribution in [1.82, 2.24) is 4.98 Å². The molecule has 1 aliphatic heterocycles. The Balaban J connectivity index is 1.88. The van der Waals surface area contributed by atoms with Crippen molar-refractivity contribution in [3.05, 3.63) is 10.6 Å². The van der Waals surface area contributed by atoms with Gasteiger partial charge >= 0.3 is 5.97 Å². The first-order valence-corrected chi connectivity index (χ1v) is 9.02. The fourth-order valence-corrected chi connectivity index (χ4v) is 4.93. The van der Waals surface area contributed by atoms with E-state index in [1.807, 2.05) is 0 Å². The summed E-state index contributed by atoms with van der Waals surface area (Å²) in [5.74, 6) is -0.0290. The number of thiazole rings is 1. The lowest BCUT2D eigenvalue weighted by atomic mass is 9.78. The van der Waals surface area contributed by atoms with Crippen molar-refractivity contribution in [1.29, 1.82) is 0 Å². The minimum absolute atomic E-state index is 0.449. The summed E-state index contributed by atoms with van der Waals surface area (Å²) in [6.45, 7) is 3.11. The van der Waals surface area contributed by atoms with E-state index in [2.05, 4.69) is 11.8 Å². The Kier molecular flexibility index (Phi) is 4.48. The summed E-state index contributed by atoms with van der Waals surface area (Å²) in [5.41, 5.74) is 0.780. The molecule has 2 aliphatic rings. The van der Waals surface area contributed by atoms with Gasteiger partial charge in [-0.25, -0.2) is 9.78 Å². The maximum Gasteiger partial charge on any atom is 0.347 e. The van der Waals surface area contributed by atoms with Crippen LogP contribution in [0, 0.1) is 5.92 Å². The number of aromatic carboxylic acids is 1. The van der Waals surface area contributed by atoms with Crippen molar-refractivity contribution in [2.45, 2.75) is 64.3 Å². The van der Waals surface area contributed by atoms with Gasteiger partial charge in [0, 0.05) is 12.6 Å². The Morgan fingerprint density at radius 2 is 2.10 bits per heavy atom. The zero-order valence-electron chi connectivity index (χ0n) is 12.7. The van der Waals surface area contributed by atoms with E-state index in [9.17, 15) is 9.90 Å². The molecule has 0 aromatic carbocycles. The van der Waals surface area contributed by atoms with Gasteiger partial charge in [-0.05, 0) is 38.0 Å². The summed E-state index contributed by atoms with van der Waals surface area (Å²) >= 11 is 1.39. The Morgan fingerprint density at radius 3 is 2.86 bits per heavy atom. The minimum atomic E-state index is -0.820. The number of nitrogens with zero attached hydrogens (tertiary/aromatic N) is 2. The van der Waals surface area contributed by atoms with Crippen LogP contribution in [-0.4, -0.2) is 28.6 Å². The predicted molar refractivity (Wildman–Crippen MR) is 85.4 cm³/mol. The molecular formula is C16H24N2O2S. The molecule has 21 heavy (non-hydrogen) atoms. The van der Waals surface area contributed by atoms with Crippen molar-refractivity contribution in [2.75, 3.05) is 11.4 Å². The average Bonchev–Trinajstić information content (AvgIpc) is 2.91. The Morgan fingerprint density at radius 1 is 1.33 bits per heavy atom. The first-order chi connectivity index (χ1) is 10.2. The van der Waals surface area contributed by atoms with E-state index >= 15 is 0 Å². The molecule has 1 saturated carbocycles. The summed E-state index contributed by atoms with van der Waals surface area (Å²) in [6.07, 6.45) is 9.49. The number of carboxylic acid groups (broad SMARTS) is 1. The molecule has 0 amide bonds. The number of piperidine rings is 1. The molecule has 2 fully saturated rings. The maximum atomic E-state index is 11.4. The van der Waals surface area contributed by atoms with Crippen LogP contribution in [0.1, 0.15) is 67.2 Å².